The van der Waals surface area contributed by atoms with Crippen molar-refractivity contribution >= 4 is 23.6 Å². The van der Waals surface area contributed by atoms with E-state index in [2.05, 4.69) is 5.32 Å². The zero-order chi connectivity index (χ0) is 11.2. The van der Waals surface area contributed by atoms with Gasteiger partial charge in [-0.3, -0.25) is 5.41 Å². The quantitative estimate of drug-likeness (QED) is 0.620. The second-order valence-corrected chi connectivity index (χ2v) is 4.26. The van der Waals surface area contributed by atoms with Crippen molar-refractivity contribution in [3.63, 3.8) is 0 Å². The van der Waals surface area contributed by atoms with Crippen molar-refractivity contribution in [2.45, 2.75) is 25.9 Å². The van der Waals surface area contributed by atoms with Crippen LogP contribution in [-0.4, -0.2) is 27.5 Å². The van der Waals surface area contributed by atoms with E-state index in [0.29, 0.717) is 11.5 Å². The fourth-order valence-corrected chi connectivity index (χ4v) is 2.00. The van der Waals surface area contributed by atoms with E-state index in [-0.39, 0.29) is 17.7 Å². The molecule has 0 amide bonds. The van der Waals surface area contributed by atoms with Crippen LogP contribution in [0.25, 0.3) is 0 Å². The van der Waals surface area contributed by atoms with Crippen LogP contribution >= 0.6 is 11.8 Å². The molecule has 1 aliphatic heterocycles. The Labute approximate surface area is 92.3 Å². The fourth-order valence-electron chi connectivity index (χ4n) is 1.67. The summed E-state index contributed by atoms with van der Waals surface area (Å²) in [4.78, 5) is 10.9. The Hall–Kier alpha value is -1.23. The Balaban J connectivity index is 2.30. The van der Waals surface area contributed by atoms with Crippen LogP contribution in [-0.2, 0) is 4.79 Å². The molecule has 0 radical (unpaired) electrons. The summed E-state index contributed by atoms with van der Waals surface area (Å²) < 4.78 is 1.29. The van der Waals surface area contributed by atoms with E-state index >= 15 is 0 Å². The Morgan fingerprint density at radius 2 is 2.27 bits per heavy atom. The van der Waals surface area contributed by atoms with Gasteiger partial charge in [-0.1, -0.05) is 0 Å². The summed E-state index contributed by atoms with van der Waals surface area (Å²) in [5.74, 6) is -0.609. The Kier molecular flexibility index (Phi) is 2.34. The molecule has 82 valence electrons. The fraction of sp³-hybridized carbons (Fsp3) is 0.556. The maximum Gasteiger partial charge on any atom is 0.352 e. The largest absolute Gasteiger partial charge is 0.477 e. The normalized spacial score (nSPS) is 26.7. The third kappa shape index (κ3) is 1.67. The number of aliphatic carboxylic acids is 1. The van der Waals surface area contributed by atoms with Crippen LogP contribution in [0.5, 0.6) is 0 Å². The first kappa shape index (κ1) is 10.3. The molecule has 5 nitrogen and oxygen atoms in total. The van der Waals surface area contributed by atoms with Gasteiger partial charge in [-0.15, -0.1) is 0 Å². The standard InChI is InChI=1S/C9H12ClN3O2/c1-4-6(9(14)15)12-8(5-2-3-5)13(10)7(4)11/h5,8,11-12H,2-3H2,1H3,(H,14,15). The van der Waals surface area contributed by atoms with Gasteiger partial charge in [-0.25, -0.2) is 9.21 Å². The number of carboxylic acids is 1. The van der Waals surface area contributed by atoms with Crippen molar-refractivity contribution in [1.29, 1.82) is 5.41 Å². The van der Waals surface area contributed by atoms with Crippen LogP contribution in [0.3, 0.4) is 0 Å². The molecule has 0 saturated heterocycles. The minimum Gasteiger partial charge on any atom is -0.477 e. The highest BCUT2D eigenvalue weighted by Crippen LogP contribution is 2.37. The molecule has 1 saturated carbocycles. The SMILES string of the molecule is CC1=C(C(=O)O)NC(C2CC2)N(Cl)C1=N. The van der Waals surface area contributed by atoms with Crippen LogP contribution in [0.4, 0.5) is 0 Å². The van der Waals surface area contributed by atoms with Crippen LogP contribution in [0.15, 0.2) is 11.3 Å². The molecule has 0 spiro atoms. The van der Waals surface area contributed by atoms with Crippen LogP contribution in [0.2, 0.25) is 0 Å². The molecule has 0 aromatic carbocycles. The van der Waals surface area contributed by atoms with E-state index in [4.69, 9.17) is 22.3 Å². The van der Waals surface area contributed by atoms with Crippen molar-refractivity contribution in [2.75, 3.05) is 0 Å². The topological polar surface area (TPSA) is 76.4 Å². The molecule has 1 fully saturated rings. The third-order valence-electron chi connectivity index (χ3n) is 2.76. The Morgan fingerprint density at radius 3 is 2.73 bits per heavy atom. The van der Waals surface area contributed by atoms with Gasteiger partial charge in [-0.05, 0) is 25.7 Å². The highest BCUT2D eigenvalue weighted by molar-refractivity contribution is 6.26. The molecule has 1 heterocycles. The number of rotatable bonds is 2. The molecule has 0 aromatic rings. The van der Waals surface area contributed by atoms with E-state index in [1.165, 1.54) is 4.42 Å². The lowest BCUT2D eigenvalue weighted by Crippen LogP contribution is -2.51. The highest BCUT2D eigenvalue weighted by Gasteiger charge is 2.41. The number of hydrogen-bond donors (Lipinski definition) is 3. The number of amidine groups is 1. The number of hydrogen-bond acceptors (Lipinski definition) is 3. The summed E-state index contributed by atoms with van der Waals surface area (Å²) in [6, 6.07) is 0. The number of carbonyl (C=O) groups is 1. The molecular formula is C9H12ClN3O2. The molecule has 1 atom stereocenters. The van der Waals surface area contributed by atoms with E-state index < -0.39 is 5.97 Å². The minimum atomic E-state index is -1.03. The molecule has 0 bridgehead atoms. The maximum atomic E-state index is 10.9. The van der Waals surface area contributed by atoms with Gasteiger partial charge < -0.3 is 10.4 Å². The van der Waals surface area contributed by atoms with Gasteiger partial charge in [0.1, 0.15) is 17.7 Å². The van der Waals surface area contributed by atoms with Crippen LogP contribution < -0.4 is 5.32 Å². The predicted octanol–water partition coefficient (Wildman–Crippen LogP) is 1.12. The van der Waals surface area contributed by atoms with Crippen LogP contribution in [0.1, 0.15) is 19.8 Å². The Morgan fingerprint density at radius 1 is 1.67 bits per heavy atom. The van der Waals surface area contributed by atoms with Crippen molar-refractivity contribution in [3.8, 4) is 0 Å². The zero-order valence-electron chi connectivity index (χ0n) is 8.25. The lowest BCUT2D eigenvalue weighted by Gasteiger charge is -2.34. The second-order valence-electron chi connectivity index (χ2n) is 3.89. The minimum absolute atomic E-state index is 0.0738. The van der Waals surface area contributed by atoms with Crippen molar-refractivity contribution < 1.29 is 9.90 Å². The van der Waals surface area contributed by atoms with Crippen molar-refractivity contribution in [3.05, 3.63) is 11.3 Å². The van der Waals surface area contributed by atoms with Crippen molar-refractivity contribution in [1.82, 2.24) is 9.74 Å². The monoisotopic (exact) mass is 229 g/mol. The molecule has 3 N–H and O–H groups in total. The van der Waals surface area contributed by atoms with Gasteiger partial charge in [-0.2, -0.15) is 0 Å². The average molecular weight is 230 g/mol. The highest BCUT2D eigenvalue weighted by atomic mass is 35.5. The van der Waals surface area contributed by atoms with Gasteiger partial charge in [0.15, 0.2) is 0 Å². The summed E-state index contributed by atoms with van der Waals surface area (Å²) in [5, 5.41) is 19.5. The van der Waals surface area contributed by atoms with Gasteiger partial charge in [0, 0.05) is 17.3 Å². The molecule has 2 rings (SSSR count). The number of carboxylic acid groups (broad SMARTS) is 1. The van der Waals surface area contributed by atoms with Crippen molar-refractivity contribution in [2.24, 2.45) is 5.92 Å². The first-order chi connectivity index (χ1) is 7.02. The van der Waals surface area contributed by atoms with Gasteiger partial charge in [0.05, 0.1) is 0 Å². The lowest BCUT2D eigenvalue weighted by molar-refractivity contribution is -0.133. The zero-order valence-corrected chi connectivity index (χ0v) is 9.01. The second kappa shape index (κ2) is 3.41. The van der Waals surface area contributed by atoms with Gasteiger partial charge >= 0.3 is 5.97 Å². The van der Waals surface area contributed by atoms with Gasteiger partial charge in [0.25, 0.3) is 0 Å². The van der Waals surface area contributed by atoms with Crippen LogP contribution in [0, 0.1) is 11.3 Å². The van der Waals surface area contributed by atoms with E-state index in [0.717, 1.165) is 12.8 Å². The number of nitrogens with zero attached hydrogens (tertiary/aromatic N) is 1. The van der Waals surface area contributed by atoms with E-state index in [1.807, 2.05) is 0 Å². The molecule has 2 aliphatic rings. The van der Waals surface area contributed by atoms with E-state index in [1.54, 1.807) is 6.92 Å². The average Bonchev–Trinajstić information content (AvgIpc) is 2.97. The van der Waals surface area contributed by atoms with E-state index in [9.17, 15) is 4.79 Å². The molecule has 0 aromatic heterocycles. The first-order valence-electron chi connectivity index (χ1n) is 4.77. The molecule has 6 heteroatoms. The predicted molar refractivity (Wildman–Crippen MR) is 55.4 cm³/mol. The smallest absolute Gasteiger partial charge is 0.352 e. The molecule has 1 unspecified atom stereocenters. The molecule has 1 aliphatic carbocycles. The van der Waals surface area contributed by atoms with Gasteiger partial charge in [0.2, 0.25) is 0 Å². The summed E-state index contributed by atoms with van der Waals surface area (Å²) in [6.45, 7) is 1.58. The molecular weight excluding hydrogens is 218 g/mol. The number of nitrogens with one attached hydrogen (secondary N) is 2. The summed E-state index contributed by atoms with van der Waals surface area (Å²) in [7, 11) is 0. The Bertz CT molecular complexity index is 362. The first-order valence-corrected chi connectivity index (χ1v) is 5.11. The lowest BCUT2D eigenvalue weighted by atomic mass is 10.1. The summed E-state index contributed by atoms with van der Waals surface area (Å²) in [6.07, 6.45) is 1.80. The maximum absolute atomic E-state index is 10.9. The molecule has 15 heavy (non-hydrogen) atoms. The summed E-state index contributed by atoms with van der Waals surface area (Å²) >= 11 is 5.95. The number of halogens is 1. The summed E-state index contributed by atoms with van der Waals surface area (Å²) in [5.41, 5.74) is 0.461. The third-order valence-corrected chi connectivity index (χ3v) is 3.14.